The van der Waals surface area contributed by atoms with Crippen LogP contribution in [0.5, 0.6) is 0 Å². The van der Waals surface area contributed by atoms with Gasteiger partial charge in [-0.15, -0.1) is 0 Å². The van der Waals surface area contributed by atoms with Gasteiger partial charge in [-0.05, 0) is 51.0 Å². The topological polar surface area (TPSA) is 90.9 Å². The summed E-state index contributed by atoms with van der Waals surface area (Å²) in [5.74, 6) is 0.0327. The zero-order valence-electron chi connectivity index (χ0n) is 13.5. The zero-order valence-corrected chi connectivity index (χ0v) is 14.3. The van der Waals surface area contributed by atoms with Gasteiger partial charge in [-0.1, -0.05) is 12.1 Å². The molecule has 0 spiro atoms. The van der Waals surface area contributed by atoms with Gasteiger partial charge in [0, 0.05) is 12.1 Å². The number of amidine groups is 1. The minimum Gasteiger partial charge on any atom is -0.354 e. The fraction of sp³-hybridized carbons (Fsp3) is 0.500. The number of carbonyl (C=O) groups excluding carboxylic acids is 1. The number of aliphatic imine (C=N–C) groups is 1. The van der Waals surface area contributed by atoms with Crippen LogP contribution in [-0.4, -0.2) is 57.8 Å². The quantitative estimate of drug-likeness (QED) is 0.723. The lowest BCUT2D eigenvalue weighted by Gasteiger charge is -2.14. The van der Waals surface area contributed by atoms with Gasteiger partial charge in [-0.25, -0.2) is 8.42 Å². The second-order valence-electron chi connectivity index (χ2n) is 6.02. The van der Waals surface area contributed by atoms with E-state index in [1.165, 1.54) is 18.9 Å². The summed E-state index contributed by atoms with van der Waals surface area (Å²) in [5.41, 5.74) is 0.513. The third-order valence-corrected chi connectivity index (χ3v) is 5.61. The molecule has 8 heteroatoms. The highest BCUT2D eigenvalue weighted by molar-refractivity contribution is 7.90. The highest BCUT2D eigenvalue weighted by atomic mass is 32.2. The van der Waals surface area contributed by atoms with Crippen molar-refractivity contribution in [1.82, 2.24) is 14.9 Å². The molecule has 1 fully saturated rings. The summed E-state index contributed by atoms with van der Waals surface area (Å²) in [4.78, 5) is 18.6. The second-order valence-corrected chi connectivity index (χ2v) is 7.67. The predicted octanol–water partition coefficient (Wildman–Crippen LogP) is 0.327. The Morgan fingerprint density at radius 2 is 2.00 bits per heavy atom. The van der Waals surface area contributed by atoms with Crippen molar-refractivity contribution < 1.29 is 13.2 Å². The number of nitrogens with zero attached hydrogens (tertiary/aromatic N) is 2. The Labute approximate surface area is 142 Å². The molecule has 0 unspecified atom stereocenters. The van der Waals surface area contributed by atoms with Gasteiger partial charge >= 0.3 is 0 Å². The van der Waals surface area contributed by atoms with E-state index in [4.69, 9.17) is 0 Å². The van der Waals surface area contributed by atoms with Crippen molar-refractivity contribution in [2.24, 2.45) is 4.99 Å². The highest BCUT2D eigenvalue weighted by Gasteiger charge is 2.30. The van der Waals surface area contributed by atoms with Crippen LogP contribution in [0.1, 0.15) is 24.8 Å². The monoisotopic (exact) mass is 350 g/mol. The van der Waals surface area contributed by atoms with E-state index in [0.717, 1.165) is 26.1 Å². The SMILES string of the molecule is O=C(CN=C1NS(=O)(=O)c2ccccc21)NCCCN1CCCC1. The Kier molecular flexibility index (Phi) is 5.15. The highest BCUT2D eigenvalue weighted by Crippen LogP contribution is 2.21. The van der Waals surface area contributed by atoms with Crippen molar-refractivity contribution >= 4 is 21.8 Å². The van der Waals surface area contributed by atoms with Crippen molar-refractivity contribution in [3.8, 4) is 0 Å². The van der Waals surface area contributed by atoms with Crippen molar-refractivity contribution in [1.29, 1.82) is 0 Å². The van der Waals surface area contributed by atoms with Gasteiger partial charge in [0.15, 0.2) is 0 Å². The maximum absolute atomic E-state index is 11.9. The number of amides is 1. The molecule has 2 aliphatic heterocycles. The zero-order chi connectivity index (χ0) is 17.0. The normalized spacial score (nSPS) is 20.8. The number of hydrogen-bond acceptors (Lipinski definition) is 5. The number of benzene rings is 1. The molecule has 0 aromatic heterocycles. The minimum atomic E-state index is -3.55. The summed E-state index contributed by atoms with van der Waals surface area (Å²) in [6.45, 7) is 3.84. The van der Waals surface area contributed by atoms with Gasteiger partial charge in [-0.2, -0.15) is 0 Å². The van der Waals surface area contributed by atoms with Gasteiger partial charge < -0.3 is 10.2 Å². The third-order valence-electron chi connectivity index (χ3n) is 4.22. The van der Waals surface area contributed by atoms with E-state index >= 15 is 0 Å². The first kappa shape index (κ1) is 16.9. The molecule has 1 amide bonds. The predicted molar refractivity (Wildman–Crippen MR) is 91.5 cm³/mol. The fourth-order valence-electron chi connectivity index (χ4n) is 2.99. The molecule has 2 N–H and O–H groups in total. The van der Waals surface area contributed by atoms with Crippen LogP contribution in [0, 0.1) is 0 Å². The van der Waals surface area contributed by atoms with Gasteiger partial charge in [0.05, 0.1) is 4.90 Å². The van der Waals surface area contributed by atoms with Crippen molar-refractivity contribution in [3.05, 3.63) is 29.8 Å². The molecule has 130 valence electrons. The number of rotatable bonds is 6. The molecule has 0 saturated carbocycles. The van der Waals surface area contributed by atoms with E-state index < -0.39 is 10.0 Å². The van der Waals surface area contributed by atoms with Crippen molar-refractivity contribution in [2.75, 3.05) is 32.7 Å². The van der Waals surface area contributed by atoms with E-state index in [0.29, 0.717) is 12.1 Å². The number of nitrogens with one attached hydrogen (secondary N) is 2. The Bertz CT molecular complexity index is 739. The Balaban J connectivity index is 1.48. The third kappa shape index (κ3) is 3.93. The second kappa shape index (κ2) is 7.31. The Morgan fingerprint density at radius 1 is 1.25 bits per heavy atom. The molecule has 24 heavy (non-hydrogen) atoms. The molecule has 1 aromatic rings. The lowest BCUT2D eigenvalue weighted by molar-refractivity contribution is -0.119. The van der Waals surface area contributed by atoms with Crippen LogP contribution < -0.4 is 10.0 Å². The molecule has 3 rings (SSSR count). The van der Waals surface area contributed by atoms with Gasteiger partial charge in [0.25, 0.3) is 10.0 Å². The van der Waals surface area contributed by atoms with Crippen LogP contribution in [0.25, 0.3) is 0 Å². The maximum Gasteiger partial charge on any atom is 0.263 e. The summed E-state index contributed by atoms with van der Waals surface area (Å²) in [6.07, 6.45) is 3.44. The molecular formula is C16H22N4O3S. The number of hydrogen-bond donors (Lipinski definition) is 2. The lowest BCUT2D eigenvalue weighted by atomic mass is 10.2. The van der Waals surface area contributed by atoms with Crippen LogP contribution in [0.4, 0.5) is 0 Å². The first-order valence-corrected chi connectivity index (χ1v) is 9.70. The van der Waals surface area contributed by atoms with Crippen molar-refractivity contribution in [2.45, 2.75) is 24.2 Å². The molecule has 1 aromatic carbocycles. The van der Waals surface area contributed by atoms with E-state index in [1.54, 1.807) is 18.2 Å². The molecule has 2 heterocycles. The van der Waals surface area contributed by atoms with Crippen LogP contribution >= 0.6 is 0 Å². The van der Waals surface area contributed by atoms with Crippen LogP contribution in [0.3, 0.4) is 0 Å². The van der Waals surface area contributed by atoms with Crippen LogP contribution in [0.15, 0.2) is 34.2 Å². The van der Waals surface area contributed by atoms with E-state index in [-0.39, 0.29) is 23.2 Å². The van der Waals surface area contributed by atoms with Gasteiger partial charge in [0.1, 0.15) is 12.4 Å². The van der Waals surface area contributed by atoms with Gasteiger partial charge in [-0.3, -0.25) is 14.5 Å². The number of likely N-dealkylation sites (tertiary alicyclic amines) is 1. The van der Waals surface area contributed by atoms with Crippen molar-refractivity contribution in [3.63, 3.8) is 0 Å². The number of sulfonamides is 1. The molecule has 7 nitrogen and oxygen atoms in total. The van der Waals surface area contributed by atoms with E-state index in [2.05, 4.69) is 19.9 Å². The lowest BCUT2D eigenvalue weighted by Crippen LogP contribution is -2.31. The summed E-state index contributed by atoms with van der Waals surface area (Å²) in [5, 5.41) is 2.83. The molecule has 0 aliphatic carbocycles. The van der Waals surface area contributed by atoms with E-state index in [9.17, 15) is 13.2 Å². The first-order valence-electron chi connectivity index (χ1n) is 8.22. The smallest absolute Gasteiger partial charge is 0.263 e. The van der Waals surface area contributed by atoms with E-state index in [1.807, 2.05) is 0 Å². The Morgan fingerprint density at radius 3 is 2.79 bits per heavy atom. The first-order chi connectivity index (χ1) is 11.6. The molecular weight excluding hydrogens is 328 g/mol. The Hall–Kier alpha value is -1.93. The standard InChI is InChI=1S/C16H22N4O3S/c21-15(17-8-5-11-20-9-3-4-10-20)12-18-16-13-6-1-2-7-14(13)24(22,23)19-16/h1-2,6-7H,3-5,8-12H2,(H,17,21)(H,18,19). The average Bonchev–Trinajstić information content (AvgIpc) is 3.17. The van der Waals surface area contributed by atoms with Crippen LogP contribution in [0.2, 0.25) is 0 Å². The fourth-order valence-corrected chi connectivity index (χ4v) is 4.25. The largest absolute Gasteiger partial charge is 0.354 e. The molecule has 0 bridgehead atoms. The van der Waals surface area contributed by atoms with Crippen LogP contribution in [-0.2, 0) is 14.8 Å². The summed E-state index contributed by atoms with van der Waals surface area (Å²) in [7, 11) is -3.55. The summed E-state index contributed by atoms with van der Waals surface area (Å²) in [6, 6.07) is 6.61. The molecule has 1 saturated heterocycles. The van der Waals surface area contributed by atoms with Gasteiger partial charge in [0.2, 0.25) is 5.91 Å². The number of fused-ring (bicyclic) bond motifs is 1. The maximum atomic E-state index is 11.9. The minimum absolute atomic E-state index is 0.0874. The summed E-state index contributed by atoms with van der Waals surface area (Å²) >= 11 is 0. The molecule has 0 radical (unpaired) electrons. The molecule has 0 atom stereocenters. The summed E-state index contributed by atoms with van der Waals surface area (Å²) < 4.78 is 26.3. The average molecular weight is 350 g/mol. The molecule has 2 aliphatic rings. The number of carbonyl (C=O) groups is 1.